The average Bonchev–Trinajstić information content (AvgIpc) is 3.38. The van der Waals surface area contributed by atoms with Gasteiger partial charge in [-0.2, -0.15) is 10.1 Å². The summed E-state index contributed by atoms with van der Waals surface area (Å²) in [6.07, 6.45) is 1.06. The van der Waals surface area contributed by atoms with Gasteiger partial charge in [0.15, 0.2) is 11.5 Å². The lowest BCUT2D eigenvalue weighted by Crippen LogP contribution is -2.36. The molecule has 0 bridgehead atoms. The lowest BCUT2D eigenvalue weighted by Gasteiger charge is -2.27. The van der Waals surface area contributed by atoms with E-state index in [9.17, 15) is 13.6 Å². The fraction of sp³-hybridized carbons (Fsp3) is 0.217. The molecule has 0 radical (unpaired) electrons. The van der Waals surface area contributed by atoms with Crippen LogP contribution in [0.4, 0.5) is 8.78 Å². The topological polar surface area (TPSA) is 77.1 Å². The summed E-state index contributed by atoms with van der Waals surface area (Å²) in [5.41, 5.74) is 3.13. The molecule has 0 saturated carbocycles. The molecular weight excluding hydrogens is 416 g/mol. The molecule has 5 rings (SSSR count). The number of hydrogen-bond acceptors (Lipinski definition) is 5. The molecular formula is C23H19F2N5O2. The third-order valence-corrected chi connectivity index (χ3v) is 5.57. The van der Waals surface area contributed by atoms with Crippen LogP contribution in [0, 0.1) is 11.6 Å². The molecule has 0 spiro atoms. The Morgan fingerprint density at radius 3 is 2.75 bits per heavy atom. The first-order valence-corrected chi connectivity index (χ1v) is 10.2. The van der Waals surface area contributed by atoms with Crippen molar-refractivity contribution >= 4 is 5.91 Å². The summed E-state index contributed by atoms with van der Waals surface area (Å²) in [4.78, 5) is 18.9. The molecule has 0 unspecified atom stereocenters. The van der Waals surface area contributed by atoms with E-state index in [0.29, 0.717) is 37.0 Å². The fourth-order valence-electron chi connectivity index (χ4n) is 3.97. The number of aromatic nitrogens is 4. The molecule has 0 atom stereocenters. The molecule has 1 amide bonds. The number of amides is 1. The van der Waals surface area contributed by atoms with Crippen molar-refractivity contribution in [2.45, 2.75) is 19.4 Å². The van der Waals surface area contributed by atoms with Gasteiger partial charge in [0.25, 0.3) is 11.8 Å². The van der Waals surface area contributed by atoms with Gasteiger partial charge in [0, 0.05) is 43.8 Å². The largest absolute Gasteiger partial charge is 0.334 e. The Morgan fingerprint density at radius 2 is 1.97 bits per heavy atom. The van der Waals surface area contributed by atoms with Crippen LogP contribution < -0.4 is 0 Å². The molecule has 1 aliphatic heterocycles. The second kappa shape index (κ2) is 7.99. The van der Waals surface area contributed by atoms with Gasteiger partial charge in [0.1, 0.15) is 11.6 Å². The second-order valence-corrected chi connectivity index (χ2v) is 7.68. The molecule has 2 aromatic carbocycles. The maximum atomic E-state index is 14.1. The molecule has 0 fully saturated rings. The summed E-state index contributed by atoms with van der Waals surface area (Å²) in [7, 11) is 1.82. The molecule has 0 aliphatic carbocycles. The van der Waals surface area contributed by atoms with Gasteiger partial charge in [0.05, 0.1) is 12.1 Å². The zero-order valence-electron chi connectivity index (χ0n) is 17.3. The maximum absolute atomic E-state index is 14.1. The molecule has 32 heavy (non-hydrogen) atoms. The number of rotatable bonds is 4. The van der Waals surface area contributed by atoms with E-state index in [-0.39, 0.29) is 18.0 Å². The Balaban J connectivity index is 1.42. The van der Waals surface area contributed by atoms with Crippen molar-refractivity contribution in [3.05, 3.63) is 88.4 Å². The highest BCUT2D eigenvalue weighted by Gasteiger charge is 2.30. The van der Waals surface area contributed by atoms with Crippen LogP contribution in [0.15, 0.2) is 53.1 Å². The summed E-state index contributed by atoms with van der Waals surface area (Å²) >= 11 is 0. The predicted molar refractivity (Wildman–Crippen MR) is 111 cm³/mol. The number of aryl methyl sites for hydroxylation is 1. The van der Waals surface area contributed by atoms with E-state index in [4.69, 9.17) is 4.52 Å². The lowest BCUT2D eigenvalue weighted by molar-refractivity contribution is 0.0728. The number of carbonyl (C=O) groups excluding carboxylic acids is 1. The first-order chi connectivity index (χ1) is 15.5. The van der Waals surface area contributed by atoms with E-state index in [1.807, 2.05) is 37.4 Å². The highest BCUT2D eigenvalue weighted by atomic mass is 19.1. The van der Waals surface area contributed by atoms with Gasteiger partial charge in [-0.25, -0.2) is 8.78 Å². The standard InChI is InChI=1S/C23H19F2N5O2/c1-29-19-9-10-30(23(31)16-8-7-15(24)12-18(16)25)13-17(19)21(27-29)22-26-20(28-32-22)11-14-5-3-2-4-6-14/h2-8,12H,9-11,13H2,1H3. The van der Waals surface area contributed by atoms with Crippen LogP contribution in [0.1, 0.15) is 33.0 Å². The average molecular weight is 435 g/mol. The zero-order valence-corrected chi connectivity index (χ0v) is 17.3. The minimum Gasteiger partial charge on any atom is -0.334 e. The Kier molecular flexibility index (Phi) is 5.01. The first-order valence-electron chi connectivity index (χ1n) is 10.2. The van der Waals surface area contributed by atoms with E-state index < -0.39 is 17.5 Å². The molecule has 3 heterocycles. The van der Waals surface area contributed by atoms with Crippen LogP contribution >= 0.6 is 0 Å². The second-order valence-electron chi connectivity index (χ2n) is 7.68. The summed E-state index contributed by atoms with van der Waals surface area (Å²) in [5.74, 6) is -1.30. The van der Waals surface area contributed by atoms with Crippen molar-refractivity contribution in [1.29, 1.82) is 0 Å². The number of nitrogens with zero attached hydrogens (tertiary/aromatic N) is 5. The van der Waals surface area contributed by atoms with Crippen LogP contribution in [0.5, 0.6) is 0 Å². The third kappa shape index (κ3) is 3.66. The van der Waals surface area contributed by atoms with E-state index in [1.54, 1.807) is 4.68 Å². The Hall–Kier alpha value is -3.88. The summed E-state index contributed by atoms with van der Waals surface area (Å²) in [6.45, 7) is 0.606. The smallest absolute Gasteiger partial charge is 0.278 e. The van der Waals surface area contributed by atoms with Crippen molar-refractivity contribution in [2.75, 3.05) is 6.54 Å². The molecule has 0 N–H and O–H groups in total. The van der Waals surface area contributed by atoms with Crippen molar-refractivity contribution < 1.29 is 18.1 Å². The van der Waals surface area contributed by atoms with Crippen LogP contribution in [-0.2, 0) is 26.4 Å². The molecule has 4 aromatic rings. The third-order valence-electron chi connectivity index (χ3n) is 5.57. The monoisotopic (exact) mass is 435 g/mol. The number of hydrogen-bond donors (Lipinski definition) is 0. The number of halogens is 2. The minimum absolute atomic E-state index is 0.164. The van der Waals surface area contributed by atoms with Gasteiger partial charge in [-0.15, -0.1) is 0 Å². The number of carbonyl (C=O) groups is 1. The molecule has 2 aromatic heterocycles. The lowest BCUT2D eigenvalue weighted by atomic mass is 10.0. The van der Waals surface area contributed by atoms with Crippen LogP contribution in [-0.4, -0.2) is 37.3 Å². The molecule has 0 saturated heterocycles. The Labute approximate surface area is 182 Å². The number of fused-ring (bicyclic) bond motifs is 1. The molecule has 162 valence electrons. The van der Waals surface area contributed by atoms with Crippen molar-refractivity contribution in [1.82, 2.24) is 24.8 Å². The van der Waals surface area contributed by atoms with Crippen molar-refractivity contribution in [3.8, 4) is 11.6 Å². The summed E-state index contributed by atoms with van der Waals surface area (Å²) in [6, 6.07) is 12.8. The Morgan fingerprint density at radius 1 is 1.16 bits per heavy atom. The van der Waals surface area contributed by atoms with Gasteiger partial charge in [-0.1, -0.05) is 35.5 Å². The molecule has 9 heteroatoms. The van der Waals surface area contributed by atoms with E-state index in [1.165, 1.54) is 11.0 Å². The highest BCUT2D eigenvalue weighted by Crippen LogP contribution is 2.30. The maximum Gasteiger partial charge on any atom is 0.278 e. The summed E-state index contributed by atoms with van der Waals surface area (Å²) in [5, 5.41) is 8.60. The van der Waals surface area contributed by atoms with E-state index >= 15 is 0 Å². The van der Waals surface area contributed by atoms with Crippen LogP contribution in [0.2, 0.25) is 0 Å². The highest BCUT2D eigenvalue weighted by molar-refractivity contribution is 5.94. The van der Waals surface area contributed by atoms with Crippen molar-refractivity contribution in [3.63, 3.8) is 0 Å². The summed E-state index contributed by atoms with van der Waals surface area (Å²) < 4.78 is 34.6. The first kappa shape index (κ1) is 20.0. The van der Waals surface area contributed by atoms with Gasteiger partial charge in [-0.05, 0) is 17.7 Å². The van der Waals surface area contributed by atoms with Gasteiger partial charge < -0.3 is 9.42 Å². The van der Waals surface area contributed by atoms with Crippen molar-refractivity contribution in [2.24, 2.45) is 7.05 Å². The normalized spacial score (nSPS) is 13.3. The number of benzene rings is 2. The Bertz CT molecular complexity index is 1300. The van der Waals surface area contributed by atoms with Crippen LogP contribution in [0.25, 0.3) is 11.6 Å². The fourth-order valence-corrected chi connectivity index (χ4v) is 3.97. The van der Waals surface area contributed by atoms with E-state index in [2.05, 4.69) is 15.2 Å². The quantitative estimate of drug-likeness (QED) is 0.490. The zero-order chi connectivity index (χ0) is 22.2. The molecule has 1 aliphatic rings. The van der Waals surface area contributed by atoms with Gasteiger partial charge in [0.2, 0.25) is 0 Å². The van der Waals surface area contributed by atoms with E-state index in [0.717, 1.165) is 22.9 Å². The predicted octanol–water partition coefficient (Wildman–Crippen LogP) is 3.54. The van der Waals surface area contributed by atoms with Gasteiger partial charge in [-0.3, -0.25) is 9.48 Å². The van der Waals surface area contributed by atoms with Gasteiger partial charge >= 0.3 is 0 Å². The minimum atomic E-state index is -0.880. The molecule has 7 nitrogen and oxygen atoms in total. The van der Waals surface area contributed by atoms with Crippen LogP contribution in [0.3, 0.4) is 0 Å². The SMILES string of the molecule is Cn1nc(-c2nc(Cc3ccccc3)no2)c2c1CCN(C(=O)c1ccc(F)cc1F)C2.